The molecule has 1 atom stereocenters. The Bertz CT molecular complexity index is 1850. The van der Waals surface area contributed by atoms with E-state index in [2.05, 4.69) is 31.5 Å². The molecule has 6 N–H and O–H groups in total. The fraction of sp³-hybridized carbons (Fsp3) is 0.0714. The van der Waals surface area contributed by atoms with Gasteiger partial charge in [0, 0.05) is 34.1 Å². The highest BCUT2D eigenvalue weighted by atomic mass is 35.5. The van der Waals surface area contributed by atoms with E-state index in [4.69, 9.17) is 28.9 Å². The van der Waals surface area contributed by atoms with E-state index in [0.29, 0.717) is 44.0 Å². The number of halogens is 2. The lowest BCUT2D eigenvalue weighted by molar-refractivity contribution is -0.119. The maximum absolute atomic E-state index is 13.7. The van der Waals surface area contributed by atoms with Crippen molar-refractivity contribution < 1.29 is 4.79 Å². The molecule has 0 fully saturated rings. The number of nitrogens with zero attached hydrogens (tertiary/aromatic N) is 4. The number of nitrogens with one attached hydrogen (secondary N) is 4. The number of hydrogen-bond acceptors (Lipinski definition) is 8. The maximum atomic E-state index is 13.7. The summed E-state index contributed by atoms with van der Waals surface area (Å²) in [4.78, 5) is 31.8. The van der Waals surface area contributed by atoms with Crippen LogP contribution in [-0.2, 0) is 11.2 Å². The molecule has 1 aliphatic rings. The number of amides is 1. The van der Waals surface area contributed by atoms with Gasteiger partial charge in [-0.1, -0.05) is 53.5 Å². The maximum Gasteiger partial charge on any atom is 0.254 e. The minimum Gasteiger partial charge on any atom is -0.382 e. The Kier molecular flexibility index (Phi) is 7.06. The van der Waals surface area contributed by atoms with Crippen LogP contribution in [0.1, 0.15) is 11.6 Å². The van der Waals surface area contributed by atoms with Crippen LogP contribution in [0.5, 0.6) is 0 Å². The number of benzene rings is 3. The molecular weight excluding hydrogens is 565 g/mol. The van der Waals surface area contributed by atoms with E-state index in [0.717, 1.165) is 11.1 Å². The lowest BCUT2D eigenvalue weighted by Gasteiger charge is -2.21. The van der Waals surface area contributed by atoms with Gasteiger partial charge in [-0.05, 0) is 42.0 Å². The van der Waals surface area contributed by atoms with Gasteiger partial charge in [-0.25, -0.2) is 4.98 Å². The normalized spacial score (nSPS) is 13.6. The summed E-state index contributed by atoms with van der Waals surface area (Å²) in [5.74, 6) is -0.0616. The Morgan fingerprint density at radius 3 is 2.63 bits per heavy atom. The molecule has 0 saturated heterocycles. The lowest BCUT2D eigenvalue weighted by Crippen LogP contribution is -2.36. The number of hydrazine groups is 2. The van der Waals surface area contributed by atoms with Crippen molar-refractivity contribution in [3.05, 3.63) is 111 Å². The zero-order chi connectivity index (χ0) is 28.5. The summed E-state index contributed by atoms with van der Waals surface area (Å²) >= 11 is 12.4. The zero-order valence-corrected chi connectivity index (χ0v) is 22.8. The number of fused-ring (bicyclic) bond motifs is 1. The summed E-state index contributed by atoms with van der Waals surface area (Å²) < 4.78 is 1.33. The molecular formula is C28H23Cl2N9O2. The molecule has 1 aliphatic heterocycles. The molecule has 3 aromatic carbocycles. The van der Waals surface area contributed by atoms with Gasteiger partial charge in [0.15, 0.2) is 5.82 Å². The number of aromatic amines is 1. The van der Waals surface area contributed by atoms with E-state index in [1.54, 1.807) is 47.6 Å². The van der Waals surface area contributed by atoms with E-state index in [1.165, 1.54) is 17.0 Å². The van der Waals surface area contributed by atoms with Crippen LogP contribution in [0.15, 0.2) is 95.3 Å². The van der Waals surface area contributed by atoms with Crippen molar-refractivity contribution in [1.29, 1.82) is 0 Å². The Hall–Kier alpha value is -4.84. The number of nitrogens with two attached hydrogens (primary N) is 1. The zero-order valence-electron chi connectivity index (χ0n) is 21.3. The third-order valence-electron chi connectivity index (χ3n) is 6.64. The summed E-state index contributed by atoms with van der Waals surface area (Å²) in [6.07, 6.45) is 3.29. The molecule has 2 aromatic heterocycles. The van der Waals surface area contributed by atoms with Gasteiger partial charge >= 0.3 is 0 Å². The average molecular weight is 588 g/mol. The number of rotatable bonds is 7. The number of carbonyl (C=O) groups excluding carboxylic acids is 1. The van der Waals surface area contributed by atoms with Gasteiger partial charge in [-0.2, -0.15) is 5.10 Å². The summed E-state index contributed by atoms with van der Waals surface area (Å²) in [5, 5.41) is 12.9. The van der Waals surface area contributed by atoms with Crippen LogP contribution in [0.25, 0.3) is 22.2 Å². The third-order valence-corrected chi connectivity index (χ3v) is 7.07. The Balaban J connectivity index is 1.36. The second-order valence-corrected chi connectivity index (χ2v) is 10.2. The predicted octanol–water partition coefficient (Wildman–Crippen LogP) is 4.31. The van der Waals surface area contributed by atoms with Crippen molar-refractivity contribution in [2.75, 3.05) is 16.1 Å². The predicted molar refractivity (Wildman–Crippen MR) is 160 cm³/mol. The van der Waals surface area contributed by atoms with E-state index in [1.807, 2.05) is 30.3 Å². The minimum absolute atomic E-state index is 0.263. The van der Waals surface area contributed by atoms with E-state index >= 15 is 0 Å². The highest BCUT2D eigenvalue weighted by Crippen LogP contribution is 2.33. The first-order chi connectivity index (χ1) is 19.9. The fourth-order valence-electron chi connectivity index (χ4n) is 4.63. The third kappa shape index (κ3) is 5.46. The summed E-state index contributed by atoms with van der Waals surface area (Å²) in [6, 6.07) is 20.4. The van der Waals surface area contributed by atoms with Crippen molar-refractivity contribution >= 4 is 57.2 Å². The molecule has 206 valence electrons. The summed E-state index contributed by atoms with van der Waals surface area (Å²) in [5.41, 5.74) is 15.0. The molecule has 1 amide bonds. The first kappa shape index (κ1) is 26.4. The van der Waals surface area contributed by atoms with Crippen LogP contribution in [0.2, 0.25) is 5.02 Å². The largest absolute Gasteiger partial charge is 0.382 e. The second kappa shape index (κ2) is 11.0. The van der Waals surface area contributed by atoms with Crippen molar-refractivity contribution in [2.24, 2.45) is 0 Å². The Morgan fingerprint density at radius 1 is 1.05 bits per heavy atom. The van der Waals surface area contributed by atoms with Gasteiger partial charge in [-0.3, -0.25) is 29.7 Å². The quantitative estimate of drug-likeness (QED) is 0.177. The number of anilines is 3. The highest BCUT2D eigenvalue weighted by Gasteiger charge is 2.24. The molecule has 3 heterocycles. The van der Waals surface area contributed by atoms with Crippen LogP contribution < -0.4 is 32.6 Å². The number of hydrogen-bond donors (Lipinski definition) is 5. The Labute approximate surface area is 243 Å². The van der Waals surface area contributed by atoms with Crippen LogP contribution in [0, 0.1) is 0 Å². The van der Waals surface area contributed by atoms with Gasteiger partial charge in [0.25, 0.3) is 5.56 Å². The van der Waals surface area contributed by atoms with E-state index in [9.17, 15) is 9.59 Å². The molecule has 0 spiro atoms. The van der Waals surface area contributed by atoms with Gasteiger partial charge < -0.3 is 11.1 Å². The van der Waals surface area contributed by atoms with Crippen molar-refractivity contribution in [2.45, 2.75) is 12.5 Å². The van der Waals surface area contributed by atoms with Crippen LogP contribution in [0.4, 0.5) is 17.2 Å². The number of H-pyrrole nitrogens is 1. The number of nitrogen functional groups attached to an aromatic ring is 1. The van der Waals surface area contributed by atoms with Crippen LogP contribution in [0.3, 0.4) is 0 Å². The first-order valence-corrected chi connectivity index (χ1v) is 13.3. The van der Waals surface area contributed by atoms with Gasteiger partial charge in [0.1, 0.15) is 11.2 Å². The van der Waals surface area contributed by atoms with Crippen LogP contribution >= 0.6 is 23.2 Å². The molecule has 0 bridgehead atoms. The SMILES string of the molecule is Nc1n[nH]c2ccc(NC(=O)[C@H](Cc3ccccc3)n3cnc(-c4cc(Cl)ccc4N4C=C(Cl)NN4)cc3=O)cc12. The first-order valence-electron chi connectivity index (χ1n) is 12.5. The van der Waals surface area contributed by atoms with Crippen molar-refractivity contribution in [3.8, 4) is 11.3 Å². The number of aromatic nitrogens is 4. The molecule has 6 rings (SSSR count). The smallest absolute Gasteiger partial charge is 0.254 e. The molecule has 41 heavy (non-hydrogen) atoms. The summed E-state index contributed by atoms with van der Waals surface area (Å²) in [7, 11) is 0. The standard InChI is InChI=1S/C28H23Cl2N9O2/c29-17-6-9-23(39-14-25(30)35-37-39)19(11-17)22-13-26(40)38(15-32-22)24(10-16-4-2-1-3-5-16)28(41)33-18-7-8-21-20(12-18)27(31)36-34-21/h1-9,11-15,24,35,37H,10H2,(H,33,41)(H3,31,34,36)/t24-/m0/s1. The van der Waals surface area contributed by atoms with Crippen molar-refractivity contribution in [1.82, 2.24) is 30.7 Å². The molecule has 0 radical (unpaired) electrons. The second-order valence-electron chi connectivity index (χ2n) is 9.33. The van der Waals surface area contributed by atoms with E-state index < -0.39 is 11.6 Å². The van der Waals surface area contributed by atoms with Crippen LogP contribution in [-0.4, -0.2) is 25.7 Å². The molecule has 0 aliphatic carbocycles. The van der Waals surface area contributed by atoms with Gasteiger partial charge in [-0.15, -0.1) is 5.53 Å². The van der Waals surface area contributed by atoms with Gasteiger partial charge in [0.2, 0.25) is 5.91 Å². The average Bonchev–Trinajstić information content (AvgIpc) is 3.57. The van der Waals surface area contributed by atoms with Crippen molar-refractivity contribution in [3.63, 3.8) is 0 Å². The highest BCUT2D eigenvalue weighted by molar-refractivity contribution is 6.31. The minimum atomic E-state index is -0.895. The van der Waals surface area contributed by atoms with E-state index in [-0.39, 0.29) is 12.3 Å². The topological polar surface area (TPSA) is 146 Å². The molecule has 5 aromatic rings. The Morgan fingerprint density at radius 2 is 1.88 bits per heavy atom. The molecule has 11 nitrogen and oxygen atoms in total. The summed E-state index contributed by atoms with van der Waals surface area (Å²) in [6.45, 7) is 0. The molecule has 0 saturated carbocycles. The molecule has 0 unspecified atom stereocenters. The monoisotopic (exact) mass is 587 g/mol. The molecule has 13 heteroatoms. The number of carbonyl (C=O) groups is 1. The lowest BCUT2D eigenvalue weighted by atomic mass is 10.0. The van der Waals surface area contributed by atoms with Gasteiger partial charge in [0.05, 0.1) is 29.4 Å². The fourth-order valence-corrected chi connectivity index (χ4v) is 4.94.